The zero-order valence-electron chi connectivity index (χ0n) is 7.08. The first-order chi connectivity index (χ1) is 6.29. The van der Waals surface area contributed by atoms with Crippen LogP contribution in [-0.4, -0.2) is 10.2 Å². The summed E-state index contributed by atoms with van der Waals surface area (Å²) >= 11 is 10.1. The molecule has 4 atom stereocenters. The molecular weight excluding hydrogens is 247 g/mol. The molecule has 0 nitrogen and oxygen atoms in total. The number of alkyl halides is 2. The minimum Gasteiger partial charge on any atom is -0.122 e. The largest absolute Gasteiger partial charge is 0.122 e. The summed E-state index contributed by atoms with van der Waals surface area (Å²) < 4.78 is 0. The molecule has 0 aliphatic heterocycles. The maximum Gasteiger partial charge on any atom is 0.0484 e. The van der Waals surface area contributed by atoms with E-state index in [1.165, 1.54) is 17.5 Å². The van der Waals surface area contributed by atoms with Gasteiger partial charge in [-0.2, -0.15) is 0 Å². The van der Waals surface area contributed by atoms with Crippen LogP contribution in [0.5, 0.6) is 0 Å². The summed E-state index contributed by atoms with van der Waals surface area (Å²) in [7, 11) is 0. The van der Waals surface area contributed by atoms with Crippen LogP contribution in [0.1, 0.15) is 29.4 Å². The Morgan fingerprint density at radius 1 is 1.23 bits per heavy atom. The molecule has 2 bridgehead atoms. The van der Waals surface area contributed by atoms with Crippen LogP contribution >= 0.6 is 27.5 Å². The van der Waals surface area contributed by atoms with Crippen LogP contribution in [0.15, 0.2) is 24.3 Å². The second-order valence-corrected chi connectivity index (χ2v) is 5.64. The predicted molar refractivity (Wildman–Crippen MR) is 58.9 cm³/mol. The van der Waals surface area contributed by atoms with Crippen molar-refractivity contribution in [3.63, 3.8) is 0 Å². The monoisotopic (exact) mass is 256 g/mol. The summed E-state index contributed by atoms with van der Waals surface area (Å²) in [5.74, 6) is 1.13. The van der Waals surface area contributed by atoms with Gasteiger partial charge in [0.2, 0.25) is 0 Å². The molecule has 2 heteroatoms. The van der Waals surface area contributed by atoms with Gasteiger partial charge >= 0.3 is 0 Å². The summed E-state index contributed by atoms with van der Waals surface area (Å²) in [6, 6.07) is 8.69. The first-order valence-corrected chi connectivity index (χ1v) is 6.01. The number of halogens is 2. The fraction of sp³-hybridized carbons (Fsp3) is 0.455. The number of benzene rings is 1. The lowest BCUT2D eigenvalue weighted by Crippen LogP contribution is -2.10. The molecule has 0 spiro atoms. The topological polar surface area (TPSA) is 0 Å². The molecule has 1 saturated carbocycles. The Balaban J connectivity index is 2.18. The Kier molecular flexibility index (Phi) is 1.75. The van der Waals surface area contributed by atoms with Crippen LogP contribution < -0.4 is 0 Å². The zero-order valence-corrected chi connectivity index (χ0v) is 9.42. The van der Waals surface area contributed by atoms with Gasteiger partial charge in [-0.3, -0.25) is 0 Å². The molecule has 13 heavy (non-hydrogen) atoms. The first kappa shape index (κ1) is 8.31. The van der Waals surface area contributed by atoms with E-state index in [0.717, 1.165) is 0 Å². The molecular formula is C11H10BrCl. The third kappa shape index (κ3) is 0.977. The quantitative estimate of drug-likeness (QED) is 0.623. The second kappa shape index (κ2) is 2.74. The van der Waals surface area contributed by atoms with Crippen LogP contribution in [-0.2, 0) is 0 Å². The fourth-order valence-corrected chi connectivity index (χ4v) is 4.53. The van der Waals surface area contributed by atoms with Gasteiger partial charge in [0.25, 0.3) is 0 Å². The van der Waals surface area contributed by atoms with Gasteiger partial charge in [-0.05, 0) is 17.5 Å². The van der Waals surface area contributed by atoms with Gasteiger partial charge in [0.05, 0.1) is 0 Å². The lowest BCUT2D eigenvalue weighted by atomic mass is 9.92. The van der Waals surface area contributed by atoms with Crippen molar-refractivity contribution in [2.24, 2.45) is 0 Å². The standard InChI is InChI=1S/C11H10BrCl/c12-9-5-8-6-3-1-2-4-7(6)10(9)11(8)13/h1-4,8-11H,5H2/t8-,9+,10-,11?/m0/s1. The first-order valence-electron chi connectivity index (χ1n) is 4.66. The maximum atomic E-state index is 6.41. The summed E-state index contributed by atoms with van der Waals surface area (Å²) in [6.07, 6.45) is 1.20. The van der Waals surface area contributed by atoms with Crippen LogP contribution in [0, 0.1) is 0 Å². The molecule has 0 amide bonds. The molecule has 0 aromatic heterocycles. The molecule has 2 aliphatic rings. The van der Waals surface area contributed by atoms with E-state index in [4.69, 9.17) is 11.6 Å². The minimum absolute atomic E-state index is 0.321. The van der Waals surface area contributed by atoms with Crippen molar-refractivity contribution in [1.29, 1.82) is 0 Å². The summed E-state index contributed by atoms with van der Waals surface area (Å²) in [6.45, 7) is 0. The van der Waals surface area contributed by atoms with E-state index in [9.17, 15) is 0 Å². The van der Waals surface area contributed by atoms with E-state index < -0.39 is 0 Å². The van der Waals surface area contributed by atoms with E-state index in [1.54, 1.807) is 0 Å². The molecule has 68 valence electrons. The van der Waals surface area contributed by atoms with Gasteiger partial charge in [0.1, 0.15) is 0 Å². The van der Waals surface area contributed by atoms with E-state index >= 15 is 0 Å². The predicted octanol–water partition coefficient (Wildman–Crippen LogP) is 3.64. The molecule has 1 unspecified atom stereocenters. The van der Waals surface area contributed by atoms with Gasteiger partial charge in [-0.1, -0.05) is 40.2 Å². The zero-order chi connectivity index (χ0) is 9.00. The molecule has 2 aliphatic carbocycles. The number of hydrogen-bond donors (Lipinski definition) is 0. The van der Waals surface area contributed by atoms with Crippen molar-refractivity contribution in [2.45, 2.75) is 28.5 Å². The van der Waals surface area contributed by atoms with Crippen molar-refractivity contribution in [3.05, 3.63) is 35.4 Å². The normalized spacial score (nSPS) is 40.8. The number of hydrogen-bond acceptors (Lipinski definition) is 0. The Morgan fingerprint density at radius 2 is 1.92 bits per heavy atom. The van der Waals surface area contributed by atoms with Crippen molar-refractivity contribution in [3.8, 4) is 0 Å². The van der Waals surface area contributed by atoms with Gasteiger partial charge in [-0.25, -0.2) is 0 Å². The van der Waals surface area contributed by atoms with Crippen molar-refractivity contribution >= 4 is 27.5 Å². The van der Waals surface area contributed by atoms with Gasteiger partial charge < -0.3 is 0 Å². The highest BCUT2D eigenvalue weighted by molar-refractivity contribution is 9.09. The average Bonchev–Trinajstić information content (AvgIpc) is 2.56. The van der Waals surface area contributed by atoms with E-state index in [1.807, 2.05) is 0 Å². The maximum absolute atomic E-state index is 6.41. The Bertz CT molecular complexity index is 350. The Morgan fingerprint density at radius 3 is 2.69 bits per heavy atom. The summed E-state index contributed by atoms with van der Waals surface area (Å²) in [4.78, 5) is 0.592. The van der Waals surface area contributed by atoms with Gasteiger partial charge in [-0.15, -0.1) is 11.6 Å². The van der Waals surface area contributed by atoms with E-state index in [0.29, 0.717) is 22.0 Å². The lowest BCUT2D eigenvalue weighted by Gasteiger charge is -2.18. The molecule has 3 rings (SSSR count). The molecule has 1 fully saturated rings. The Hall–Kier alpha value is -0.0100. The molecule has 0 N–H and O–H groups in total. The SMILES string of the molecule is ClC1[C@H]2c3ccccc3[C@@H]1C[C@H]2Br. The summed E-state index contributed by atoms with van der Waals surface area (Å²) in [5.41, 5.74) is 2.96. The van der Waals surface area contributed by atoms with Gasteiger partial charge in [0.15, 0.2) is 0 Å². The van der Waals surface area contributed by atoms with Crippen LogP contribution in [0.25, 0.3) is 0 Å². The molecule has 0 saturated heterocycles. The average molecular weight is 258 g/mol. The van der Waals surface area contributed by atoms with E-state index in [2.05, 4.69) is 40.2 Å². The molecule has 0 radical (unpaired) electrons. The molecule has 1 aromatic carbocycles. The molecule has 0 heterocycles. The van der Waals surface area contributed by atoms with Gasteiger partial charge in [0, 0.05) is 22.0 Å². The van der Waals surface area contributed by atoms with E-state index in [-0.39, 0.29) is 0 Å². The highest BCUT2D eigenvalue weighted by Gasteiger charge is 2.49. The summed E-state index contributed by atoms with van der Waals surface area (Å²) in [5, 5.41) is 0.321. The highest BCUT2D eigenvalue weighted by atomic mass is 79.9. The third-order valence-electron chi connectivity index (χ3n) is 3.35. The highest BCUT2D eigenvalue weighted by Crippen LogP contribution is 2.57. The number of rotatable bonds is 0. The van der Waals surface area contributed by atoms with Crippen LogP contribution in [0.4, 0.5) is 0 Å². The van der Waals surface area contributed by atoms with Crippen LogP contribution in [0.3, 0.4) is 0 Å². The van der Waals surface area contributed by atoms with Crippen LogP contribution in [0.2, 0.25) is 0 Å². The fourth-order valence-electron chi connectivity index (χ4n) is 2.79. The van der Waals surface area contributed by atoms with Crippen molar-refractivity contribution in [1.82, 2.24) is 0 Å². The third-order valence-corrected chi connectivity index (χ3v) is 4.87. The van der Waals surface area contributed by atoms with Crippen molar-refractivity contribution in [2.75, 3.05) is 0 Å². The minimum atomic E-state index is 0.321. The second-order valence-electron chi connectivity index (χ2n) is 3.96. The van der Waals surface area contributed by atoms with Crippen molar-refractivity contribution < 1.29 is 0 Å². The molecule has 1 aromatic rings. The Labute approximate surface area is 91.4 Å². The smallest absolute Gasteiger partial charge is 0.0484 e. The number of fused-ring (bicyclic) bond motifs is 5. The lowest BCUT2D eigenvalue weighted by molar-refractivity contribution is 0.742.